The molecule has 0 bridgehead atoms. The molecule has 0 aliphatic carbocycles. The predicted octanol–water partition coefficient (Wildman–Crippen LogP) is 1.28. The van der Waals surface area contributed by atoms with Crippen LogP contribution >= 0.6 is 11.6 Å². The number of benzene rings is 1. The van der Waals surface area contributed by atoms with Crippen molar-refractivity contribution in [3.63, 3.8) is 0 Å². The second kappa shape index (κ2) is 9.80. The van der Waals surface area contributed by atoms with Crippen LogP contribution in [0.3, 0.4) is 0 Å². The van der Waals surface area contributed by atoms with Crippen molar-refractivity contribution >= 4 is 35.1 Å². The molecule has 1 aromatic carbocycles. The Bertz CT molecular complexity index is 807. The van der Waals surface area contributed by atoms with Gasteiger partial charge in [-0.15, -0.1) is 0 Å². The van der Waals surface area contributed by atoms with Crippen LogP contribution in [0.4, 0.5) is 5.69 Å². The molecule has 2 amide bonds. The van der Waals surface area contributed by atoms with Crippen LogP contribution in [0.1, 0.15) is 12.8 Å². The lowest BCUT2D eigenvalue weighted by Crippen LogP contribution is -2.31. The number of hydrogen-bond donors (Lipinski definition) is 1. The first-order valence-electron chi connectivity index (χ1n) is 8.43. The molecule has 150 valence electrons. The van der Waals surface area contributed by atoms with Crippen LogP contribution in [-0.4, -0.2) is 51.7 Å². The van der Waals surface area contributed by atoms with E-state index < -0.39 is 24.4 Å². The smallest absolute Gasteiger partial charge is 0.311 e. The summed E-state index contributed by atoms with van der Waals surface area (Å²) in [5, 5.41) is 11.2. The summed E-state index contributed by atoms with van der Waals surface area (Å²) in [4.78, 5) is 37.6. The molecule has 0 unspecified atom stereocenters. The molecule has 1 aromatic rings. The van der Waals surface area contributed by atoms with E-state index in [4.69, 9.17) is 31.1 Å². The van der Waals surface area contributed by atoms with Gasteiger partial charge in [-0.1, -0.05) is 11.6 Å². The van der Waals surface area contributed by atoms with Gasteiger partial charge in [-0.3, -0.25) is 14.4 Å². The average Bonchev–Trinajstić information content (AvgIpc) is 3.07. The maximum absolute atomic E-state index is 12.4. The lowest BCUT2D eigenvalue weighted by Gasteiger charge is -2.20. The molecule has 28 heavy (non-hydrogen) atoms. The minimum atomic E-state index is -0.718. The third-order valence-corrected chi connectivity index (χ3v) is 4.40. The van der Waals surface area contributed by atoms with Gasteiger partial charge in [0.25, 0.3) is 5.91 Å². The fourth-order valence-corrected chi connectivity index (χ4v) is 2.95. The highest BCUT2D eigenvalue weighted by Gasteiger charge is 2.37. The summed E-state index contributed by atoms with van der Waals surface area (Å²) in [5.74, 6) is -1.39. The molecular formula is C18H20ClN3O6. The number of nitrogens with one attached hydrogen (secondary N) is 1. The summed E-state index contributed by atoms with van der Waals surface area (Å²) in [7, 11) is 2.91. The van der Waals surface area contributed by atoms with E-state index in [1.54, 1.807) is 6.07 Å². The number of halogens is 1. The normalized spacial score (nSPS) is 15.7. The SMILES string of the molecule is COc1cc(OC)c(N2C[C@H](C(=O)OCC(=O)NCCC#N)CC2=O)cc1Cl. The first-order chi connectivity index (χ1) is 13.4. The predicted molar refractivity (Wildman–Crippen MR) is 99.2 cm³/mol. The summed E-state index contributed by atoms with van der Waals surface area (Å²) in [6.07, 6.45) is 0.111. The zero-order valence-corrected chi connectivity index (χ0v) is 16.2. The fraction of sp³-hybridized carbons (Fsp3) is 0.444. The second-order valence-corrected chi connectivity index (χ2v) is 6.34. The standard InChI is InChI=1S/C18H20ClN3O6/c1-26-14-8-15(27-2)13(7-12(14)19)22-9-11(6-17(22)24)18(25)28-10-16(23)21-5-3-4-20/h7-8,11H,3,5-6,9-10H2,1-2H3,(H,21,23)/t11-/m1/s1. The summed E-state index contributed by atoms with van der Waals surface area (Å²) in [5.41, 5.74) is 0.419. The second-order valence-electron chi connectivity index (χ2n) is 5.93. The molecule has 1 N–H and O–H groups in total. The highest BCUT2D eigenvalue weighted by molar-refractivity contribution is 6.32. The third-order valence-electron chi connectivity index (χ3n) is 4.11. The fourth-order valence-electron chi connectivity index (χ4n) is 2.72. The van der Waals surface area contributed by atoms with E-state index in [-0.39, 0.29) is 31.8 Å². The van der Waals surface area contributed by atoms with Crippen molar-refractivity contribution < 1.29 is 28.6 Å². The number of ether oxygens (including phenoxy) is 3. The van der Waals surface area contributed by atoms with Gasteiger partial charge in [0, 0.05) is 25.6 Å². The lowest BCUT2D eigenvalue weighted by atomic mass is 10.1. The van der Waals surface area contributed by atoms with Crippen LogP contribution in [0.2, 0.25) is 5.02 Å². The Morgan fingerprint density at radius 3 is 2.68 bits per heavy atom. The van der Waals surface area contributed by atoms with Gasteiger partial charge in [0.1, 0.15) is 11.5 Å². The molecule has 0 aromatic heterocycles. The number of nitriles is 1. The van der Waals surface area contributed by atoms with Gasteiger partial charge >= 0.3 is 5.97 Å². The summed E-state index contributed by atoms with van der Waals surface area (Å²) in [6.45, 7) is -0.208. The van der Waals surface area contributed by atoms with Crippen molar-refractivity contribution in [2.75, 3.05) is 38.8 Å². The minimum Gasteiger partial charge on any atom is -0.495 e. The molecule has 1 atom stereocenters. The molecule has 2 rings (SSSR count). The van der Waals surface area contributed by atoms with E-state index in [0.29, 0.717) is 22.2 Å². The lowest BCUT2D eigenvalue weighted by molar-refractivity contribution is -0.152. The van der Waals surface area contributed by atoms with Crippen LogP contribution < -0.4 is 19.7 Å². The van der Waals surface area contributed by atoms with Crippen LogP contribution in [0.5, 0.6) is 11.5 Å². The van der Waals surface area contributed by atoms with Gasteiger partial charge in [0.2, 0.25) is 5.91 Å². The van der Waals surface area contributed by atoms with Crippen molar-refractivity contribution in [3.05, 3.63) is 17.2 Å². The van der Waals surface area contributed by atoms with Crippen LogP contribution in [0.15, 0.2) is 12.1 Å². The number of methoxy groups -OCH3 is 2. The van der Waals surface area contributed by atoms with Crippen molar-refractivity contribution in [3.8, 4) is 17.6 Å². The number of rotatable bonds is 8. The van der Waals surface area contributed by atoms with Gasteiger partial charge in [-0.05, 0) is 6.07 Å². The van der Waals surface area contributed by atoms with Gasteiger partial charge in [-0.25, -0.2) is 0 Å². The van der Waals surface area contributed by atoms with Gasteiger partial charge in [-0.2, -0.15) is 5.26 Å². The van der Waals surface area contributed by atoms with E-state index in [1.807, 2.05) is 6.07 Å². The minimum absolute atomic E-state index is 0.0539. The molecule has 10 heteroatoms. The Kier molecular flexibility index (Phi) is 7.46. The maximum Gasteiger partial charge on any atom is 0.311 e. The van der Waals surface area contributed by atoms with E-state index in [2.05, 4.69) is 5.32 Å². The molecule has 1 saturated heterocycles. The molecule has 0 saturated carbocycles. The zero-order valence-electron chi connectivity index (χ0n) is 15.5. The average molecular weight is 410 g/mol. The molecule has 1 fully saturated rings. The Morgan fingerprint density at radius 2 is 2.04 bits per heavy atom. The number of anilines is 1. The molecule has 0 spiro atoms. The molecule has 0 radical (unpaired) electrons. The highest BCUT2D eigenvalue weighted by atomic mass is 35.5. The Labute approximate surface area is 167 Å². The van der Waals surface area contributed by atoms with Crippen molar-refractivity contribution in [2.24, 2.45) is 5.92 Å². The number of nitrogens with zero attached hydrogens (tertiary/aromatic N) is 2. The van der Waals surface area contributed by atoms with Gasteiger partial charge < -0.3 is 24.4 Å². The number of esters is 1. The number of carbonyl (C=O) groups excluding carboxylic acids is 3. The van der Waals surface area contributed by atoms with Crippen molar-refractivity contribution in [1.29, 1.82) is 5.26 Å². The molecule has 1 heterocycles. The zero-order chi connectivity index (χ0) is 20.7. The molecule has 1 aliphatic heterocycles. The van der Waals surface area contributed by atoms with Gasteiger partial charge in [0.15, 0.2) is 6.61 Å². The summed E-state index contributed by atoms with van der Waals surface area (Å²) in [6, 6.07) is 4.98. The van der Waals surface area contributed by atoms with Gasteiger partial charge in [0.05, 0.1) is 43.3 Å². The number of carbonyl (C=O) groups is 3. The Morgan fingerprint density at radius 1 is 1.32 bits per heavy atom. The number of hydrogen-bond acceptors (Lipinski definition) is 7. The molecule has 9 nitrogen and oxygen atoms in total. The van der Waals surface area contributed by atoms with Crippen molar-refractivity contribution in [1.82, 2.24) is 5.32 Å². The number of amides is 2. The highest BCUT2D eigenvalue weighted by Crippen LogP contribution is 2.40. The maximum atomic E-state index is 12.4. The largest absolute Gasteiger partial charge is 0.495 e. The van der Waals surface area contributed by atoms with E-state index in [1.165, 1.54) is 25.2 Å². The topological polar surface area (TPSA) is 118 Å². The third kappa shape index (κ3) is 5.04. The van der Waals surface area contributed by atoms with E-state index >= 15 is 0 Å². The quantitative estimate of drug-likeness (QED) is 0.507. The summed E-state index contributed by atoms with van der Waals surface area (Å²) >= 11 is 6.15. The van der Waals surface area contributed by atoms with E-state index in [9.17, 15) is 14.4 Å². The molecular weight excluding hydrogens is 390 g/mol. The van der Waals surface area contributed by atoms with Crippen LogP contribution in [0.25, 0.3) is 0 Å². The van der Waals surface area contributed by atoms with E-state index in [0.717, 1.165) is 0 Å². The Hall–Kier alpha value is -2.99. The first-order valence-corrected chi connectivity index (χ1v) is 8.81. The van der Waals surface area contributed by atoms with Crippen LogP contribution in [-0.2, 0) is 19.1 Å². The Balaban J connectivity index is 2.02. The summed E-state index contributed by atoms with van der Waals surface area (Å²) < 4.78 is 15.4. The molecule has 1 aliphatic rings. The van der Waals surface area contributed by atoms with Crippen molar-refractivity contribution in [2.45, 2.75) is 12.8 Å². The van der Waals surface area contributed by atoms with Crippen LogP contribution in [0, 0.1) is 17.2 Å². The first kappa shape index (κ1) is 21.3. The monoisotopic (exact) mass is 409 g/mol.